The van der Waals surface area contributed by atoms with E-state index in [2.05, 4.69) is 5.32 Å². The maximum Gasteiger partial charge on any atom is 0.205 e. The van der Waals surface area contributed by atoms with Gasteiger partial charge >= 0.3 is 0 Å². The maximum atomic E-state index is 12.8. The van der Waals surface area contributed by atoms with Gasteiger partial charge in [-0.25, -0.2) is 8.42 Å². The Morgan fingerprint density at radius 3 is 2.27 bits per heavy atom. The molecule has 3 aromatic rings. The van der Waals surface area contributed by atoms with E-state index < -0.39 is 9.84 Å². The van der Waals surface area contributed by atoms with Crippen molar-refractivity contribution in [2.45, 2.75) is 11.8 Å². The number of carbonyl (C=O) groups is 1. The number of ketones is 1. The molecule has 26 heavy (non-hydrogen) atoms. The summed E-state index contributed by atoms with van der Waals surface area (Å²) in [4.78, 5) is 13.0. The lowest BCUT2D eigenvalue weighted by Crippen LogP contribution is -2.06. The zero-order valence-corrected chi connectivity index (χ0v) is 15.9. The molecule has 0 saturated heterocycles. The molecule has 0 aliphatic carbocycles. The van der Waals surface area contributed by atoms with E-state index in [9.17, 15) is 13.2 Å². The second-order valence-electron chi connectivity index (χ2n) is 5.91. The molecule has 7 heteroatoms. The van der Waals surface area contributed by atoms with Gasteiger partial charge in [-0.15, -0.1) is 11.3 Å². The van der Waals surface area contributed by atoms with Crippen molar-refractivity contribution in [2.24, 2.45) is 0 Å². The third-order valence-electron chi connectivity index (χ3n) is 3.91. The molecule has 134 valence electrons. The maximum absolute atomic E-state index is 12.8. The van der Waals surface area contributed by atoms with Crippen LogP contribution in [-0.4, -0.2) is 20.5 Å². The molecule has 0 aliphatic rings. The van der Waals surface area contributed by atoms with Crippen LogP contribution < -0.4 is 11.1 Å². The van der Waals surface area contributed by atoms with Crippen molar-refractivity contribution in [3.05, 3.63) is 70.6 Å². The van der Waals surface area contributed by atoms with E-state index in [1.807, 2.05) is 37.3 Å². The van der Waals surface area contributed by atoms with Crippen molar-refractivity contribution in [3.8, 4) is 0 Å². The number of rotatable bonds is 5. The summed E-state index contributed by atoms with van der Waals surface area (Å²) in [5.74, 6) is -0.296. The molecule has 1 heterocycles. The number of nitrogens with two attached hydrogens (primary N) is 1. The third-order valence-corrected chi connectivity index (χ3v) is 6.32. The molecule has 1 aromatic heterocycles. The van der Waals surface area contributed by atoms with E-state index >= 15 is 0 Å². The van der Waals surface area contributed by atoms with Crippen molar-refractivity contribution in [2.75, 3.05) is 17.3 Å². The van der Waals surface area contributed by atoms with Crippen molar-refractivity contribution in [1.82, 2.24) is 0 Å². The number of sulfone groups is 1. The minimum Gasteiger partial charge on any atom is -0.396 e. The molecular formula is C19H18N2O3S2. The first-order valence-electron chi connectivity index (χ1n) is 7.83. The Bertz CT molecular complexity index is 1070. The predicted molar refractivity (Wildman–Crippen MR) is 106 cm³/mol. The summed E-state index contributed by atoms with van der Waals surface area (Å²) in [5.41, 5.74) is 8.26. The first kappa shape index (κ1) is 18.2. The zero-order valence-electron chi connectivity index (χ0n) is 14.3. The second kappa shape index (κ2) is 6.93. The fraction of sp³-hybridized carbons (Fsp3) is 0.105. The number of anilines is 3. The molecule has 0 amide bonds. The van der Waals surface area contributed by atoms with Crippen LogP contribution in [0.3, 0.4) is 0 Å². The number of thiophene rings is 1. The first-order valence-corrected chi connectivity index (χ1v) is 10.5. The Balaban J connectivity index is 2.13. The summed E-state index contributed by atoms with van der Waals surface area (Å²) in [6.45, 7) is 1.91. The Kier molecular flexibility index (Phi) is 4.84. The van der Waals surface area contributed by atoms with E-state index in [1.165, 1.54) is 0 Å². The second-order valence-corrected chi connectivity index (χ2v) is 8.88. The Morgan fingerprint density at radius 2 is 1.65 bits per heavy atom. The first-order chi connectivity index (χ1) is 12.3. The number of nitrogen functional groups attached to an aromatic ring is 1. The lowest BCUT2D eigenvalue weighted by atomic mass is 10.1. The number of aryl methyl sites for hydroxylation is 1. The summed E-state index contributed by atoms with van der Waals surface area (Å²) in [7, 11) is -3.62. The predicted octanol–water partition coefficient (Wildman–Crippen LogP) is 4.02. The topological polar surface area (TPSA) is 89.3 Å². The highest BCUT2D eigenvalue weighted by Crippen LogP contribution is 2.42. The van der Waals surface area contributed by atoms with E-state index in [0.717, 1.165) is 28.8 Å². The number of hydrogen-bond acceptors (Lipinski definition) is 6. The number of hydrogen-bond donors (Lipinski definition) is 2. The van der Waals surface area contributed by atoms with Gasteiger partial charge in [0.15, 0.2) is 9.84 Å². The number of para-hydroxylation sites is 1. The van der Waals surface area contributed by atoms with Crippen LogP contribution in [0, 0.1) is 6.92 Å². The number of nitrogens with one attached hydrogen (secondary N) is 1. The summed E-state index contributed by atoms with van der Waals surface area (Å²) in [6.07, 6.45) is 1.09. The summed E-state index contributed by atoms with van der Waals surface area (Å²) in [6, 6.07) is 16.2. The van der Waals surface area contributed by atoms with Gasteiger partial charge in [0, 0.05) is 17.5 Å². The lowest BCUT2D eigenvalue weighted by Gasteiger charge is -2.09. The van der Waals surface area contributed by atoms with Crippen molar-refractivity contribution in [3.63, 3.8) is 0 Å². The Hall–Kier alpha value is -2.64. The van der Waals surface area contributed by atoms with E-state index in [-0.39, 0.29) is 21.2 Å². The summed E-state index contributed by atoms with van der Waals surface area (Å²) in [5, 5.41) is 3.47. The molecule has 0 aliphatic heterocycles. The molecule has 0 radical (unpaired) electrons. The highest BCUT2D eigenvalue weighted by Gasteiger charge is 2.27. The third kappa shape index (κ3) is 3.49. The van der Waals surface area contributed by atoms with E-state index in [4.69, 9.17) is 5.73 Å². The highest BCUT2D eigenvalue weighted by molar-refractivity contribution is 7.91. The zero-order chi connectivity index (χ0) is 18.9. The van der Waals surface area contributed by atoms with Gasteiger partial charge in [-0.05, 0) is 18.6 Å². The van der Waals surface area contributed by atoms with Crippen LogP contribution in [0.25, 0.3) is 0 Å². The molecule has 5 nitrogen and oxygen atoms in total. The smallest absolute Gasteiger partial charge is 0.205 e. The van der Waals surface area contributed by atoms with Crippen molar-refractivity contribution in [1.29, 1.82) is 0 Å². The van der Waals surface area contributed by atoms with E-state index in [1.54, 1.807) is 24.3 Å². The van der Waals surface area contributed by atoms with E-state index in [0.29, 0.717) is 10.6 Å². The van der Waals surface area contributed by atoms with Gasteiger partial charge < -0.3 is 11.1 Å². The molecule has 3 rings (SSSR count). The average molecular weight is 386 g/mol. The SMILES string of the molecule is Cc1ccccc1Nc1sc(C(=O)c2ccccc2)c(N)c1S(C)(=O)=O. The monoisotopic (exact) mass is 386 g/mol. The van der Waals surface area contributed by atoms with Gasteiger partial charge in [-0.1, -0.05) is 48.5 Å². The molecular weight excluding hydrogens is 368 g/mol. The van der Waals surface area contributed by atoms with Crippen LogP contribution in [0.4, 0.5) is 16.4 Å². The normalized spacial score (nSPS) is 11.3. The van der Waals surface area contributed by atoms with Crippen molar-refractivity contribution >= 4 is 43.3 Å². The van der Waals surface area contributed by atoms with Crippen LogP contribution in [0.2, 0.25) is 0 Å². The molecule has 2 aromatic carbocycles. The fourth-order valence-corrected chi connectivity index (χ4v) is 5.13. The molecule has 0 saturated carbocycles. The molecule has 0 bridgehead atoms. The molecule has 0 fully saturated rings. The fourth-order valence-electron chi connectivity index (χ4n) is 2.60. The van der Waals surface area contributed by atoms with Gasteiger partial charge in [0.1, 0.15) is 14.8 Å². The summed E-state index contributed by atoms with van der Waals surface area (Å²) >= 11 is 1.05. The molecule has 3 N–H and O–H groups in total. The molecule has 0 atom stereocenters. The lowest BCUT2D eigenvalue weighted by molar-refractivity contribution is 0.104. The van der Waals surface area contributed by atoms with Gasteiger partial charge in [-0.3, -0.25) is 4.79 Å². The minimum atomic E-state index is -3.62. The van der Waals surface area contributed by atoms with Crippen molar-refractivity contribution < 1.29 is 13.2 Å². The van der Waals surface area contributed by atoms with Gasteiger partial charge in [0.25, 0.3) is 0 Å². The van der Waals surface area contributed by atoms with Crippen LogP contribution >= 0.6 is 11.3 Å². The van der Waals surface area contributed by atoms with Gasteiger partial charge in [0.2, 0.25) is 5.78 Å². The molecule has 0 unspecified atom stereocenters. The quantitative estimate of drug-likeness (QED) is 0.647. The number of carbonyl (C=O) groups excluding carboxylic acids is 1. The summed E-state index contributed by atoms with van der Waals surface area (Å²) < 4.78 is 24.6. The van der Waals surface area contributed by atoms with Crippen LogP contribution in [0.1, 0.15) is 20.8 Å². The van der Waals surface area contributed by atoms with Crippen LogP contribution in [0.5, 0.6) is 0 Å². The average Bonchev–Trinajstić information content (AvgIpc) is 2.93. The molecule has 0 spiro atoms. The number of benzene rings is 2. The highest BCUT2D eigenvalue weighted by atomic mass is 32.2. The van der Waals surface area contributed by atoms with Crippen LogP contribution in [0.15, 0.2) is 59.5 Å². The Morgan fingerprint density at radius 1 is 1.04 bits per heavy atom. The van der Waals surface area contributed by atoms with Crippen LogP contribution in [-0.2, 0) is 9.84 Å². The largest absolute Gasteiger partial charge is 0.396 e. The minimum absolute atomic E-state index is 0.0116. The van der Waals surface area contributed by atoms with Gasteiger partial charge in [0.05, 0.1) is 5.69 Å². The Labute approximate surface area is 156 Å². The van der Waals surface area contributed by atoms with Gasteiger partial charge in [-0.2, -0.15) is 0 Å². The standard InChI is InChI=1S/C19H18N2O3S2/c1-12-8-6-7-11-14(12)21-19-18(26(2,23)24)15(20)17(25-19)16(22)13-9-4-3-5-10-13/h3-11,21H,20H2,1-2H3.